The zero-order chi connectivity index (χ0) is 20.1. The maximum absolute atomic E-state index is 11.4. The Bertz CT molecular complexity index is 968. The van der Waals surface area contributed by atoms with Crippen LogP contribution in [0.25, 0.3) is 16.8 Å². The van der Waals surface area contributed by atoms with Gasteiger partial charge in [-0.1, -0.05) is 55.1 Å². The first-order valence-corrected chi connectivity index (χ1v) is 9.36. The lowest BCUT2D eigenvalue weighted by Gasteiger charge is -2.28. The zero-order valence-corrected chi connectivity index (χ0v) is 16.1. The van der Waals surface area contributed by atoms with E-state index in [2.05, 4.69) is 56.5 Å². The Hall–Kier alpha value is -3.14. The molecular formula is C24H24O4. The van der Waals surface area contributed by atoms with E-state index in [1.54, 1.807) is 0 Å². The third-order valence-corrected chi connectivity index (χ3v) is 5.11. The normalized spacial score (nSPS) is 14.9. The number of ether oxygens (including phenoxy) is 2. The lowest BCUT2D eigenvalue weighted by Crippen LogP contribution is -2.15. The summed E-state index contributed by atoms with van der Waals surface area (Å²) in [7, 11) is 0. The standard InChI is InChI=1S/C24H24O4/c1-4-22(25)27-13-11-18-15-21-16(3)9-10-17-7-6-8-20(24(17)21)19(18)12-14-28-23(26)5-2/h4-10,15,19H,1-2,11-14H2,3H3. The van der Waals surface area contributed by atoms with E-state index in [1.165, 1.54) is 45.2 Å². The smallest absolute Gasteiger partial charge is 0.330 e. The van der Waals surface area contributed by atoms with Gasteiger partial charge in [0.25, 0.3) is 0 Å². The Morgan fingerprint density at radius 1 is 1.04 bits per heavy atom. The molecule has 0 radical (unpaired) electrons. The summed E-state index contributed by atoms with van der Waals surface area (Å²) in [5.74, 6) is -0.750. The molecule has 1 aliphatic carbocycles. The summed E-state index contributed by atoms with van der Waals surface area (Å²) in [4.78, 5) is 22.8. The molecule has 1 atom stereocenters. The van der Waals surface area contributed by atoms with E-state index in [0.717, 1.165) is 0 Å². The molecule has 2 aromatic carbocycles. The van der Waals surface area contributed by atoms with Gasteiger partial charge in [-0.3, -0.25) is 0 Å². The minimum Gasteiger partial charge on any atom is -0.463 e. The molecule has 0 fully saturated rings. The van der Waals surface area contributed by atoms with Crippen LogP contribution in [-0.4, -0.2) is 25.2 Å². The van der Waals surface area contributed by atoms with Gasteiger partial charge in [0.05, 0.1) is 13.2 Å². The van der Waals surface area contributed by atoms with Crippen LogP contribution < -0.4 is 0 Å². The summed E-state index contributed by atoms with van der Waals surface area (Å²) < 4.78 is 10.4. The topological polar surface area (TPSA) is 52.6 Å². The summed E-state index contributed by atoms with van der Waals surface area (Å²) in [6.07, 6.45) is 5.82. The van der Waals surface area contributed by atoms with Gasteiger partial charge in [-0.05, 0) is 40.8 Å². The van der Waals surface area contributed by atoms with Gasteiger partial charge < -0.3 is 9.47 Å². The quantitative estimate of drug-likeness (QED) is 0.487. The van der Waals surface area contributed by atoms with Gasteiger partial charge in [0.15, 0.2) is 0 Å². The Morgan fingerprint density at radius 2 is 1.75 bits per heavy atom. The van der Waals surface area contributed by atoms with Crippen molar-refractivity contribution in [2.24, 2.45) is 0 Å². The van der Waals surface area contributed by atoms with Crippen LogP contribution in [0, 0.1) is 6.92 Å². The highest BCUT2D eigenvalue weighted by Crippen LogP contribution is 2.42. The minimum absolute atomic E-state index is 0.0954. The average molecular weight is 376 g/mol. The number of carbonyl (C=O) groups excluding carboxylic acids is 2. The monoisotopic (exact) mass is 376 g/mol. The van der Waals surface area contributed by atoms with Crippen molar-refractivity contribution in [3.8, 4) is 0 Å². The summed E-state index contributed by atoms with van der Waals surface area (Å²) >= 11 is 0. The molecule has 3 rings (SSSR count). The van der Waals surface area contributed by atoms with Crippen molar-refractivity contribution in [3.63, 3.8) is 0 Å². The molecule has 0 aliphatic heterocycles. The van der Waals surface area contributed by atoms with E-state index in [-0.39, 0.29) is 12.5 Å². The SMILES string of the molecule is C=CC(=O)OCCC1=Cc2c(C)ccc3cccc(c23)C1CCOC(=O)C=C. The highest BCUT2D eigenvalue weighted by molar-refractivity contribution is 5.97. The third kappa shape index (κ3) is 4.06. The Labute approximate surface area is 165 Å². The maximum atomic E-state index is 11.4. The third-order valence-electron chi connectivity index (χ3n) is 5.11. The summed E-state index contributed by atoms with van der Waals surface area (Å²) in [6.45, 7) is 9.55. The lowest BCUT2D eigenvalue weighted by molar-refractivity contribution is -0.138. The summed E-state index contributed by atoms with van der Waals surface area (Å²) in [6, 6.07) is 10.6. The van der Waals surface area contributed by atoms with Crippen molar-refractivity contribution in [1.29, 1.82) is 0 Å². The number of hydrogen-bond donors (Lipinski definition) is 0. The van der Waals surface area contributed by atoms with Gasteiger partial charge in [-0.2, -0.15) is 0 Å². The molecule has 28 heavy (non-hydrogen) atoms. The number of esters is 2. The first-order chi connectivity index (χ1) is 13.5. The zero-order valence-electron chi connectivity index (χ0n) is 16.1. The number of benzene rings is 2. The molecule has 0 heterocycles. The molecule has 0 saturated carbocycles. The molecule has 0 amide bonds. The van der Waals surface area contributed by atoms with E-state index in [1.807, 2.05) is 0 Å². The molecule has 0 bridgehead atoms. The fourth-order valence-corrected chi connectivity index (χ4v) is 3.75. The molecule has 1 aliphatic rings. The number of carbonyl (C=O) groups is 2. The van der Waals surface area contributed by atoms with Gasteiger partial charge in [0, 0.05) is 24.5 Å². The Morgan fingerprint density at radius 3 is 2.46 bits per heavy atom. The second-order valence-corrected chi connectivity index (χ2v) is 6.80. The molecule has 0 saturated heterocycles. The molecule has 144 valence electrons. The molecule has 0 aromatic heterocycles. The molecule has 4 heteroatoms. The van der Waals surface area contributed by atoms with Crippen LogP contribution >= 0.6 is 0 Å². The largest absolute Gasteiger partial charge is 0.463 e. The van der Waals surface area contributed by atoms with Gasteiger partial charge >= 0.3 is 11.9 Å². The Kier molecular flexibility index (Phi) is 6.09. The average Bonchev–Trinajstić information content (AvgIpc) is 2.71. The van der Waals surface area contributed by atoms with Crippen LogP contribution in [0.1, 0.15) is 35.4 Å². The predicted molar refractivity (Wildman–Crippen MR) is 111 cm³/mol. The fraction of sp³-hybridized carbons (Fsp3) is 0.250. The number of aryl methyl sites for hydroxylation is 1. The fourth-order valence-electron chi connectivity index (χ4n) is 3.75. The summed E-state index contributed by atoms with van der Waals surface area (Å²) in [5, 5.41) is 2.44. The van der Waals surface area contributed by atoms with Crippen molar-refractivity contribution in [2.75, 3.05) is 13.2 Å². The van der Waals surface area contributed by atoms with Crippen molar-refractivity contribution in [2.45, 2.75) is 25.7 Å². The van der Waals surface area contributed by atoms with E-state index >= 15 is 0 Å². The van der Waals surface area contributed by atoms with Crippen molar-refractivity contribution in [1.82, 2.24) is 0 Å². The van der Waals surface area contributed by atoms with E-state index in [9.17, 15) is 9.59 Å². The maximum Gasteiger partial charge on any atom is 0.330 e. The van der Waals surface area contributed by atoms with E-state index in [4.69, 9.17) is 9.47 Å². The van der Waals surface area contributed by atoms with Crippen molar-refractivity contribution >= 4 is 28.8 Å². The van der Waals surface area contributed by atoms with E-state index in [0.29, 0.717) is 19.4 Å². The second-order valence-electron chi connectivity index (χ2n) is 6.80. The lowest BCUT2D eigenvalue weighted by atomic mass is 9.77. The van der Waals surface area contributed by atoms with Crippen LogP contribution in [0.5, 0.6) is 0 Å². The minimum atomic E-state index is -0.424. The molecule has 2 aromatic rings. The molecular weight excluding hydrogens is 352 g/mol. The highest BCUT2D eigenvalue weighted by atomic mass is 16.5. The van der Waals surface area contributed by atoms with E-state index < -0.39 is 11.9 Å². The van der Waals surface area contributed by atoms with Crippen LogP contribution in [0.15, 0.2) is 61.2 Å². The Balaban J connectivity index is 1.93. The first-order valence-electron chi connectivity index (χ1n) is 9.36. The van der Waals surface area contributed by atoms with Crippen LogP contribution in [0.4, 0.5) is 0 Å². The second kappa shape index (κ2) is 8.70. The number of rotatable bonds is 8. The first kappa shape index (κ1) is 19.6. The number of hydrogen-bond acceptors (Lipinski definition) is 4. The molecule has 0 spiro atoms. The summed E-state index contributed by atoms with van der Waals surface area (Å²) in [5.41, 5.74) is 4.80. The van der Waals surface area contributed by atoms with Gasteiger partial charge in [-0.25, -0.2) is 9.59 Å². The van der Waals surface area contributed by atoms with Crippen molar-refractivity contribution < 1.29 is 19.1 Å². The van der Waals surface area contributed by atoms with Gasteiger partial charge in [0.2, 0.25) is 0 Å². The van der Waals surface area contributed by atoms with Crippen molar-refractivity contribution in [3.05, 3.63) is 77.9 Å². The van der Waals surface area contributed by atoms with Gasteiger partial charge in [-0.15, -0.1) is 0 Å². The van der Waals surface area contributed by atoms with Crippen LogP contribution in [0.2, 0.25) is 0 Å². The van der Waals surface area contributed by atoms with Gasteiger partial charge in [0.1, 0.15) is 0 Å². The van der Waals surface area contributed by atoms with Crippen LogP contribution in [0.3, 0.4) is 0 Å². The molecule has 4 nitrogen and oxygen atoms in total. The highest BCUT2D eigenvalue weighted by Gasteiger charge is 2.25. The molecule has 0 N–H and O–H groups in total. The van der Waals surface area contributed by atoms with Crippen LogP contribution in [-0.2, 0) is 19.1 Å². The predicted octanol–water partition coefficient (Wildman–Crippen LogP) is 4.87. The molecule has 1 unspecified atom stereocenters.